The number of amides is 1. The van der Waals surface area contributed by atoms with Crippen molar-refractivity contribution >= 4 is 17.0 Å². The van der Waals surface area contributed by atoms with Crippen LogP contribution in [0.5, 0.6) is 0 Å². The molecule has 2 aliphatic heterocycles. The normalized spacial score (nSPS) is 21.4. The Kier molecular flexibility index (Phi) is 4.76. The van der Waals surface area contributed by atoms with Crippen LogP contribution < -0.4 is 5.32 Å². The molecule has 1 amide bonds. The zero-order valence-electron chi connectivity index (χ0n) is 16.6. The van der Waals surface area contributed by atoms with E-state index in [9.17, 15) is 4.79 Å². The maximum absolute atomic E-state index is 12.1. The number of H-pyrrole nitrogens is 1. The lowest BCUT2D eigenvalue weighted by molar-refractivity contribution is -0.0181. The molecule has 1 atom stereocenters. The maximum atomic E-state index is 12.1. The summed E-state index contributed by atoms with van der Waals surface area (Å²) in [5.41, 5.74) is 3.44. The topological polar surface area (TPSA) is 57.4 Å². The minimum atomic E-state index is -0.371. The fourth-order valence-electron chi connectivity index (χ4n) is 4.87. The minimum absolute atomic E-state index is 0.0492. The van der Waals surface area contributed by atoms with Gasteiger partial charge in [-0.25, -0.2) is 4.79 Å². The van der Waals surface area contributed by atoms with Gasteiger partial charge >= 0.3 is 6.09 Å². The summed E-state index contributed by atoms with van der Waals surface area (Å²) in [4.78, 5) is 17.9. The summed E-state index contributed by atoms with van der Waals surface area (Å²) < 4.78 is 5.85. The molecule has 0 radical (unpaired) electrons. The Balaban J connectivity index is 1.21. The van der Waals surface area contributed by atoms with Crippen molar-refractivity contribution in [3.05, 3.63) is 71.9 Å². The molecule has 2 aliphatic rings. The van der Waals surface area contributed by atoms with Crippen LogP contribution in [-0.4, -0.2) is 47.3 Å². The number of hydrogen-bond donors (Lipinski definition) is 2. The van der Waals surface area contributed by atoms with Crippen molar-refractivity contribution < 1.29 is 9.53 Å². The number of nitrogens with zero attached hydrogens (tertiary/aromatic N) is 1. The predicted octanol–water partition coefficient (Wildman–Crippen LogP) is 3.90. The van der Waals surface area contributed by atoms with Gasteiger partial charge in [0.2, 0.25) is 0 Å². The molecule has 1 unspecified atom stereocenters. The molecular weight excluding hydrogens is 362 g/mol. The van der Waals surface area contributed by atoms with Crippen LogP contribution in [0.2, 0.25) is 0 Å². The molecule has 2 fully saturated rings. The van der Waals surface area contributed by atoms with Crippen LogP contribution in [0.3, 0.4) is 0 Å². The van der Waals surface area contributed by atoms with Gasteiger partial charge in [-0.05, 0) is 30.0 Å². The summed E-state index contributed by atoms with van der Waals surface area (Å²) >= 11 is 0. The number of fused-ring (bicyclic) bond motifs is 1. The van der Waals surface area contributed by atoms with E-state index in [4.69, 9.17) is 4.74 Å². The maximum Gasteiger partial charge on any atom is 0.408 e. The highest BCUT2D eigenvalue weighted by molar-refractivity contribution is 5.83. The highest BCUT2D eigenvalue weighted by Gasteiger charge is 2.50. The number of ether oxygens (including phenoxy) is 1. The number of alkyl carbamates (subject to hydrolysis) is 1. The Labute approximate surface area is 171 Å². The van der Waals surface area contributed by atoms with Crippen LogP contribution in [0, 0.1) is 0 Å². The van der Waals surface area contributed by atoms with E-state index in [1.54, 1.807) is 0 Å². The lowest BCUT2D eigenvalue weighted by Crippen LogP contribution is -2.52. The Morgan fingerprint density at radius 2 is 1.79 bits per heavy atom. The average Bonchev–Trinajstić information content (AvgIpc) is 3.29. The molecule has 0 aliphatic carbocycles. The number of likely N-dealkylation sites (tertiary alicyclic amines) is 1. The van der Waals surface area contributed by atoms with Crippen LogP contribution in [0.4, 0.5) is 4.79 Å². The van der Waals surface area contributed by atoms with Crippen LogP contribution in [0.15, 0.2) is 60.8 Å². The quantitative estimate of drug-likeness (QED) is 0.696. The van der Waals surface area contributed by atoms with Gasteiger partial charge in [-0.2, -0.15) is 0 Å². The van der Waals surface area contributed by atoms with E-state index in [0.717, 1.165) is 45.3 Å². The third-order valence-electron chi connectivity index (χ3n) is 6.58. The summed E-state index contributed by atoms with van der Waals surface area (Å²) in [6.07, 6.45) is 5.49. The lowest BCUT2D eigenvalue weighted by Gasteiger charge is -2.40. The number of aromatic amines is 1. The van der Waals surface area contributed by atoms with Crippen molar-refractivity contribution in [2.75, 3.05) is 19.6 Å². The number of carbonyl (C=O) groups is 1. The molecule has 5 rings (SSSR count). The monoisotopic (exact) mass is 389 g/mol. The van der Waals surface area contributed by atoms with Crippen LogP contribution in [-0.2, 0) is 17.6 Å². The number of aromatic nitrogens is 1. The molecule has 0 saturated carbocycles. The Bertz CT molecular complexity index is 990. The lowest BCUT2D eigenvalue weighted by atomic mass is 9.82. The van der Waals surface area contributed by atoms with Crippen molar-refractivity contribution in [3.63, 3.8) is 0 Å². The Hall–Kier alpha value is -2.79. The van der Waals surface area contributed by atoms with E-state index < -0.39 is 0 Å². The summed E-state index contributed by atoms with van der Waals surface area (Å²) in [6.45, 7) is 2.95. The van der Waals surface area contributed by atoms with Gasteiger partial charge in [0, 0.05) is 49.6 Å². The average molecular weight is 389 g/mol. The first-order valence-corrected chi connectivity index (χ1v) is 10.5. The first-order valence-electron chi connectivity index (χ1n) is 10.5. The van der Waals surface area contributed by atoms with E-state index in [0.29, 0.717) is 0 Å². The Morgan fingerprint density at radius 3 is 2.62 bits per heavy atom. The van der Waals surface area contributed by atoms with E-state index in [1.165, 1.54) is 22.0 Å². The zero-order chi connectivity index (χ0) is 19.7. The molecule has 2 saturated heterocycles. The van der Waals surface area contributed by atoms with Gasteiger partial charge in [-0.15, -0.1) is 0 Å². The molecule has 3 heterocycles. The SMILES string of the molecule is O=C1NC(Cc2ccccc2)C2(CCN(CCc3c[nH]c4ccccc34)CC2)O1. The second kappa shape index (κ2) is 7.56. The first kappa shape index (κ1) is 18.3. The highest BCUT2D eigenvalue weighted by atomic mass is 16.6. The smallest absolute Gasteiger partial charge is 0.408 e. The molecule has 2 N–H and O–H groups in total. The zero-order valence-corrected chi connectivity index (χ0v) is 16.6. The number of rotatable bonds is 5. The fraction of sp³-hybridized carbons (Fsp3) is 0.375. The second-order valence-electron chi connectivity index (χ2n) is 8.29. The van der Waals surface area contributed by atoms with Gasteiger partial charge in [0.15, 0.2) is 0 Å². The van der Waals surface area contributed by atoms with Crippen molar-refractivity contribution in [3.8, 4) is 0 Å². The minimum Gasteiger partial charge on any atom is -0.441 e. The number of piperidine rings is 1. The van der Waals surface area contributed by atoms with Crippen LogP contribution in [0.25, 0.3) is 10.9 Å². The molecule has 0 bridgehead atoms. The van der Waals surface area contributed by atoms with Gasteiger partial charge < -0.3 is 19.9 Å². The molecule has 150 valence electrons. The van der Waals surface area contributed by atoms with E-state index in [1.807, 2.05) is 18.2 Å². The van der Waals surface area contributed by atoms with Crippen LogP contribution in [0.1, 0.15) is 24.0 Å². The molecule has 29 heavy (non-hydrogen) atoms. The molecule has 5 nitrogen and oxygen atoms in total. The second-order valence-corrected chi connectivity index (χ2v) is 8.29. The molecule has 5 heteroatoms. The number of para-hydroxylation sites is 1. The third-order valence-corrected chi connectivity index (χ3v) is 6.58. The standard InChI is InChI=1S/C24H27N3O2/c28-23-26-22(16-18-6-2-1-3-7-18)24(29-23)11-14-27(15-12-24)13-10-19-17-25-21-9-5-4-8-20(19)21/h1-9,17,22,25H,10-16H2,(H,26,28). The largest absolute Gasteiger partial charge is 0.441 e. The number of carbonyl (C=O) groups excluding carboxylic acids is 1. The van der Waals surface area contributed by atoms with E-state index in [2.05, 4.69) is 57.8 Å². The number of hydrogen-bond acceptors (Lipinski definition) is 3. The van der Waals surface area contributed by atoms with Gasteiger partial charge in [0.1, 0.15) is 5.60 Å². The van der Waals surface area contributed by atoms with E-state index in [-0.39, 0.29) is 17.7 Å². The van der Waals surface area contributed by atoms with Gasteiger partial charge in [-0.3, -0.25) is 0 Å². The highest BCUT2D eigenvalue weighted by Crippen LogP contribution is 2.35. The van der Waals surface area contributed by atoms with Crippen molar-refractivity contribution in [2.45, 2.75) is 37.3 Å². The van der Waals surface area contributed by atoms with Gasteiger partial charge in [0.25, 0.3) is 0 Å². The fourth-order valence-corrected chi connectivity index (χ4v) is 4.87. The summed E-state index contributed by atoms with van der Waals surface area (Å²) in [5.74, 6) is 0. The third kappa shape index (κ3) is 3.62. The van der Waals surface area contributed by atoms with Crippen molar-refractivity contribution in [2.24, 2.45) is 0 Å². The molecule has 1 spiro atoms. The van der Waals surface area contributed by atoms with Crippen molar-refractivity contribution in [1.29, 1.82) is 0 Å². The number of benzene rings is 2. The van der Waals surface area contributed by atoms with Crippen LogP contribution >= 0.6 is 0 Å². The first-order chi connectivity index (χ1) is 14.2. The van der Waals surface area contributed by atoms with Gasteiger partial charge in [0.05, 0.1) is 6.04 Å². The Morgan fingerprint density at radius 1 is 1.03 bits per heavy atom. The van der Waals surface area contributed by atoms with E-state index >= 15 is 0 Å². The molecular formula is C24H27N3O2. The van der Waals surface area contributed by atoms with Crippen molar-refractivity contribution in [1.82, 2.24) is 15.2 Å². The molecule has 2 aromatic carbocycles. The number of nitrogens with one attached hydrogen (secondary N) is 2. The predicted molar refractivity (Wildman–Crippen MR) is 114 cm³/mol. The van der Waals surface area contributed by atoms with Gasteiger partial charge in [-0.1, -0.05) is 48.5 Å². The summed E-state index contributed by atoms with van der Waals surface area (Å²) in [7, 11) is 0. The molecule has 1 aromatic heterocycles. The molecule has 3 aromatic rings. The summed E-state index contributed by atoms with van der Waals surface area (Å²) in [6, 6.07) is 18.9. The summed E-state index contributed by atoms with van der Waals surface area (Å²) in [5, 5.41) is 4.39.